The van der Waals surface area contributed by atoms with Gasteiger partial charge in [-0.2, -0.15) is 5.10 Å². The van der Waals surface area contributed by atoms with Gasteiger partial charge in [-0.05, 0) is 34.7 Å². The Morgan fingerprint density at radius 2 is 2.08 bits per heavy atom. The Kier molecular flexibility index (Phi) is 5.85. The zero-order valence-electron chi connectivity index (χ0n) is 12.7. The van der Waals surface area contributed by atoms with E-state index < -0.39 is 0 Å². The van der Waals surface area contributed by atoms with Crippen LogP contribution in [0.1, 0.15) is 5.56 Å². The van der Waals surface area contributed by atoms with Crippen molar-refractivity contribution in [2.24, 2.45) is 5.10 Å². The van der Waals surface area contributed by atoms with Crippen molar-refractivity contribution in [3.8, 4) is 17.0 Å². The largest absolute Gasteiger partial charge is 0.495 e. The summed E-state index contributed by atoms with van der Waals surface area (Å²) < 4.78 is 7.44. The minimum Gasteiger partial charge on any atom is -0.495 e. The fourth-order valence-corrected chi connectivity index (χ4v) is 4.55. The number of nitrogens with one attached hydrogen (secondary N) is 1. The number of hydrogen-bond acceptors (Lipinski definition) is 5. The number of benzene rings is 2. The molecule has 4 nitrogen and oxygen atoms in total. The molecular weight excluding hydrogens is 501 g/mol. The van der Waals surface area contributed by atoms with Crippen LogP contribution in [0, 0.1) is 3.57 Å². The van der Waals surface area contributed by atoms with Gasteiger partial charge in [0.05, 0.1) is 22.6 Å². The van der Waals surface area contributed by atoms with Crippen molar-refractivity contribution in [2.45, 2.75) is 0 Å². The Hall–Kier alpha value is -1.45. The number of ether oxygens (including phenoxy) is 1. The summed E-state index contributed by atoms with van der Waals surface area (Å²) in [5.74, 6) is 0.800. The summed E-state index contributed by atoms with van der Waals surface area (Å²) in [4.78, 5) is 4.54. The smallest absolute Gasteiger partial charge is 0.203 e. The first kappa shape index (κ1) is 17.4. The maximum absolute atomic E-state index is 5.44. The van der Waals surface area contributed by atoms with Gasteiger partial charge >= 0.3 is 0 Å². The van der Waals surface area contributed by atoms with Crippen molar-refractivity contribution in [3.05, 3.63) is 61.5 Å². The van der Waals surface area contributed by atoms with Crippen LogP contribution in [-0.2, 0) is 0 Å². The third-order valence-corrected chi connectivity index (χ3v) is 5.18. The normalized spacial score (nSPS) is 11.0. The molecule has 0 atom stereocenters. The van der Waals surface area contributed by atoms with E-state index in [1.165, 1.54) is 11.3 Å². The lowest BCUT2D eigenvalue weighted by molar-refractivity contribution is 0.411. The lowest BCUT2D eigenvalue weighted by Gasteiger charge is -2.07. The maximum atomic E-state index is 5.44. The van der Waals surface area contributed by atoms with Crippen LogP contribution in [-0.4, -0.2) is 18.3 Å². The molecule has 2 aromatic carbocycles. The van der Waals surface area contributed by atoms with Crippen LogP contribution in [0.5, 0.6) is 5.75 Å². The molecule has 0 aliphatic rings. The van der Waals surface area contributed by atoms with E-state index in [0.29, 0.717) is 0 Å². The number of aromatic nitrogens is 1. The second-order valence-electron chi connectivity index (χ2n) is 4.78. The van der Waals surface area contributed by atoms with Crippen molar-refractivity contribution in [3.63, 3.8) is 0 Å². The molecule has 1 N–H and O–H groups in total. The average molecular weight is 514 g/mol. The molecule has 0 spiro atoms. The summed E-state index contributed by atoms with van der Waals surface area (Å²) in [6.45, 7) is 0. The summed E-state index contributed by atoms with van der Waals surface area (Å²) in [5, 5.41) is 7.03. The van der Waals surface area contributed by atoms with E-state index >= 15 is 0 Å². The Morgan fingerprint density at radius 1 is 1.29 bits per heavy atom. The van der Waals surface area contributed by atoms with E-state index in [0.717, 1.165) is 35.7 Å². The molecule has 1 heterocycles. The molecule has 0 amide bonds. The average Bonchev–Trinajstić information content (AvgIpc) is 3.04. The predicted molar refractivity (Wildman–Crippen MR) is 112 cm³/mol. The molecule has 0 aliphatic heterocycles. The molecule has 0 bridgehead atoms. The van der Waals surface area contributed by atoms with Gasteiger partial charge in [0.1, 0.15) is 5.75 Å². The number of rotatable bonds is 5. The quantitative estimate of drug-likeness (QED) is 0.273. The van der Waals surface area contributed by atoms with Crippen LogP contribution in [0.25, 0.3) is 11.3 Å². The minimum absolute atomic E-state index is 0.744. The fourth-order valence-electron chi connectivity index (χ4n) is 2.12. The van der Waals surface area contributed by atoms with Gasteiger partial charge in [-0.15, -0.1) is 11.3 Å². The summed E-state index contributed by atoms with van der Waals surface area (Å²) in [6, 6.07) is 14.0. The van der Waals surface area contributed by atoms with E-state index in [2.05, 4.69) is 54.0 Å². The van der Waals surface area contributed by atoms with Crippen molar-refractivity contribution < 1.29 is 4.74 Å². The van der Waals surface area contributed by atoms with Gasteiger partial charge < -0.3 is 4.74 Å². The Labute approximate surface area is 166 Å². The van der Waals surface area contributed by atoms with Crippen LogP contribution < -0.4 is 10.2 Å². The van der Waals surface area contributed by atoms with Gasteiger partial charge in [-0.3, -0.25) is 5.43 Å². The highest BCUT2D eigenvalue weighted by Gasteiger charge is 2.08. The van der Waals surface area contributed by atoms with E-state index in [-0.39, 0.29) is 0 Å². The van der Waals surface area contributed by atoms with Gasteiger partial charge in [-0.25, -0.2) is 4.98 Å². The summed E-state index contributed by atoms with van der Waals surface area (Å²) in [6.07, 6.45) is 1.73. The fraction of sp³-hybridized carbons (Fsp3) is 0.0588. The van der Waals surface area contributed by atoms with Gasteiger partial charge in [0.15, 0.2) is 0 Å². The molecule has 0 saturated heterocycles. The molecule has 0 radical (unpaired) electrons. The lowest BCUT2D eigenvalue weighted by atomic mass is 10.2. The van der Waals surface area contributed by atoms with Crippen molar-refractivity contribution in [2.75, 3.05) is 12.5 Å². The Bertz CT molecular complexity index is 868. The zero-order chi connectivity index (χ0) is 16.9. The second kappa shape index (κ2) is 8.09. The minimum atomic E-state index is 0.744. The Morgan fingerprint density at radius 3 is 2.83 bits per heavy atom. The SMILES string of the molecule is COc1c(I)cc(Br)cc1C=NNc1nc(-c2ccccc2)cs1. The number of methoxy groups -OCH3 is 1. The number of hydrazone groups is 1. The molecule has 0 fully saturated rings. The molecule has 0 aliphatic carbocycles. The van der Waals surface area contributed by atoms with Crippen molar-refractivity contribution in [1.82, 2.24) is 4.98 Å². The molecule has 0 unspecified atom stereocenters. The summed E-state index contributed by atoms with van der Waals surface area (Å²) in [5.41, 5.74) is 5.90. The molecule has 122 valence electrons. The third kappa shape index (κ3) is 4.14. The van der Waals surface area contributed by atoms with Crippen LogP contribution in [0.4, 0.5) is 5.13 Å². The van der Waals surface area contributed by atoms with E-state index in [1.54, 1.807) is 13.3 Å². The van der Waals surface area contributed by atoms with Gasteiger partial charge in [0.2, 0.25) is 5.13 Å². The first-order valence-corrected chi connectivity index (χ1v) is 9.75. The Balaban J connectivity index is 1.75. The number of anilines is 1. The number of thiazole rings is 1. The van der Waals surface area contributed by atoms with Crippen LogP contribution >= 0.6 is 49.9 Å². The van der Waals surface area contributed by atoms with Crippen LogP contribution in [0.2, 0.25) is 0 Å². The molecule has 24 heavy (non-hydrogen) atoms. The first-order chi connectivity index (χ1) is 11.7. The van der Waals surface area contributed by atoms with Gasteiger partial charge in [0, 0.05) is 21.0 Å². The van der Waals surface area contributed by atoms with E-state index in [9.17, 15) is 0 Å². The highest BCUT2D eigenvalue weighted by molar-refractivity contribution is 14.1. The van der Waals surface area contributed by atoms with E-state index in [1.807, 2.05) is 47.8 Å². The van der Waals surface area contributed by atoms with Crippen LogP contribution in [0.15, 0.2) is 57.4 Å². The predicted octanol–water partition coefficient (Wildman–Crippen LogP) is 5.63. The van der Waals surface area contributed by atoms with Gasteiger partial charge in [0.25, 0.3) is 0 Å². The van der Waals surface area contributed by atoms with Crippen molar-refractivity contribution in [1.29, 1.82) is 0 Å². The number of hydrogen-bond donors (Lipinski definition) is 1. The molecular formula is C17H13BrIN3OS. The standard InChI is InChI=1S/C17H13BrIN3OS/c1-23-16-12(7-13(18)8-14(16)19)9-20-22-17-21-15(10-24-17)11-5-3-2-4-6-11/h2-10H,1H3,(H,21,22). The molecule has 7 heteroatoms. The summed E-state index contributed by atoms with van der Waals surface area (Å²) >= 11 is 7.24. The maximum Gasteiger partial charge on any atom is 0.203 e. The lowest BCUT2D eigenvalue weighted by Crippen LogP contribution is -1.96. The van der Waals surface area contributed by atoms with Crippen molar-refractivity contribution >= 4 is 61.2 Å². The highest BCUT2D eigenvalue weighted by Crippen LogP contribution is 2.29. The number of nitrogens with zero attached hydrogens (tertiary/aromatic N) is 2. The monoisotopic (exact) mass is 513 g/mol. The van der Waals surface area contributed by atoms with Gasteiger partial charge in [-0.1, -0.05) is 46.3 Å². The first-order valence-electron chi connectivity index (χ1n) is 7.00. The molecule has 1 aromatic heterocycles. The topological polar surface area (TPSA) is 46.5 Å². The second-order valence-corrected chi connectivity index (χ2v) is 7.72. The number of halogens is 2. The zero-order valence-corrected chi connectivity index (χ0v) is 17.2. The molecule has 3 aromatic rings. The highest BCUT2D eigenvalue weighted by atomic mass is 127. The molecule has 3 rings (SSSR count). The van der Waals surface area contributed by atoms with E-state index in [4.69, 9.17) is 4.74 Å². The summed E-state index contributed by atoms with van der Waals surface area (Å²) in [7, 11) is 1.66. The molecule has 0 saturated carbocycles. The third-order valence-electron chi connectivity index (χ3n) is 3.18. The van der Waals surface area contributed by atoms with Crippen LogP contribution in [0.3, 0.4) is 0 Å².